The first-order chi connectivity index (χ1) is 4.31. The first-order valence-electron chi connectivity index (χ1n) is 2.47. The Bertz CT molecular complexity index is 177. The Labute approximate surface area is 63.1 Å². The highest BCUT2D eigenvalue weighted by molar-refractivity contribution is 7.78. The molecule has 0 fully saturated rings. The molecule has 2 nitrogen and oxygen atoms in total. The summed E-state index contributed by atoms with van der Waals surface area (Å²) in [6.45, 7) is 2.38. The summed E-state index contributed by atoms with van der Waals surface area (Å²) in [5, 5.41) is 2.23. The maximum Gasteiger partial charge on any atom is 0.0873 e. The van der Waals surface area contributed by atoms with E-state index < -0.39 is 0 Å². The Morgan fingerprint density at radius 3 is 3.00 bits per heavy atom. The number of thiocarbonyl (C=S) groups is 1. The third-order valence-electron chi connectivity index (χ3n) is 0.782. The molecule has 0 aromatic carbocycles. The monoisotopic (exact) mass is 161 g/mol. The van der Waals surface area contributed by atoms with Gasteiger partial charge in [-0.05, 0) is 19.1 Å². The maximum absolute atomic E-state index is 10.0. The second-order valence-corrected chi connectivity index (χ2v) is 2.55. The number of hydrogen-bond donors (Lipinski definition) is 0. The zero-order chi connectivity index (χ0) is 7.11. The van der Waals surface area contributed by atoms with Gasteiger partial charge < -0.3 is 0 Å². The van der Waals surface area contributed by atoms with Crippen molar-refractivity contribution in [1.29, 1.82) is 0 Å². The largest absolute Gasteiger partial charge is 0.232 e. The molecular formula is C5H7NOS2. The molecule has 0 N–H and O–H groups in total. The average molecular weight is 161 g/mol. The van der Waals surface area contributed by atoms with Gasteiger partial charge in [0, 0.05) is 11.3 Å². The van der Waals surface area contributed by atoms with Gasteiger partial charge in [0.05, 0.1) is 23.0 Å². The Morgan fingerprint density at radius 2 is 2.56 bits per heavy atom. The SMILES string of the molecule is CC(CCN=C=S)=S=O. The van der Waals surface area contributed by atoms with Crippen molar-refractivity contribution in [2.24, 2.45) is 4.99 Å². The quantitative estimate of drug-likeness (QED) is 0.454. The smallest absolute Gasteiger partial charge is 0.0873 e. The summed E-state index contributed by atoms with van der Waals surface area (Å²) >= 11 is 4.85. The van der Waals surface area contributed by atoms with E-state index in [2.05, 4.69) is 22.4 Å². The lowest BCUT2D eigenvalue weighted by atomic mass is 10.3. The number of rotatable bonds is 3. The van der Waals surface area contributed by atoms with E-state index in [1.807, 2.05) is 0 Å². The summed E-state index contributed by atoms with van der Waals surface area (Å²) in [7, 11) is 0. The highest BCUT2D eigenvalue weighted by Gasteiger charge is 1.85. The van der Waals surface area contributed by atoms with E-state index in [1.54, 1.807) is 6.92 Å². The average Bonchev–Trinajstić information content (AvgIpc) is 1.89. The van der Waals surface area contributed by atoms with Crippen LogP contribution in [0, 0.1) is 0 Å². The molecule has 0 saturated carbocycles. The fourth-order valence-corrected chi connectivity index (χ4v) is 0.567. The van der Waals surface area contributed by atoms with Crippen LogP contribution < -0.4 is 0 Å². The number of hydrogen-bond acceptors (Lipinski definition) is 3. The molecule has 0 atom stereocenters. The van der Waals surface area contributed by atoms with E-state index in [1.165, 1.54) is 0 Å². The van der Waals surface area contributed by atoms with Gasteiger partial charge in [0.1, 0.15) is 0 Å². The Kier molecular flexibility index (Phi) is 5.62. The second kappa shape index (κ2) is 5.82. The molecule has 0 rings (SSSR count). The third kappa shape index (κ3) is 5.56. The zero-order valence-electron chi connectivity index (χ0n) is 5.09. The molecule has 0 aliphatic rings. The molecule has 0 unspecified atom stereocenters. The molecule has 0 aromatic rings. The van der Waals surface area contributed by atoms with Gasteiger partial charge in [-0.3, -0.25) is 0 Å². The van der Waals surface area contributed by atoms with Crippen molar-refractivity contribution in [2.75, 3.05) is 6.54 Å². The van der Waals surface area contributed by atoms with E-state index in [0.717, 1.165) is 4.86 Å². The van der Waals surface area contributed by atoms with Crippen LogP contribution in [0.3, 0.4) is 0 Å². The molecule has 0 amide bonds. The molecule has 0 aliphatic heterocycles. The summed E-state index contributed by atoms with van der Waals surface area (Å²) in [5.74, 6) is 0. The molecular weight excluding hydrogens is 154 g/mol. The van der Waals surface area contributed by atoms with Crippen molar-refractivity contribution < 1.29 is 4.21 Å². The lowest BCUT2D eigenvalue weighted by molar-refractivity contribution is 0.700. The summed E-state index contributed by atoms with van der Waals surface area (Å²) in [6.07, 6.45) is 0.706. The van der Waals surface area contributed by atoms with Crippen LogP contribution in [-0.4, -0.2) is 20.8 Å². The minimum atomic E-state index is 0.520. The lowest BCUT2D eigenvalue weighted by Crippen LogP contribution is -1.92. The van der Waals surface area contributed by atoms with Gasteiger partial charge in [-0.25, -0.2) is 9.20 Å². The van der Waals surface area contributed by atoms with Crippen LogP contribution in [0.25, 0.3) is 0 Å². The van der Waals surface area contributed by atoms with Gasteiger partial charge in [-0.2, -0.15) is 0 Å². The van der Waals surface area contributed by atoms with E-state index in [-0.39, 0.29) is 0 Å². The Morgan fingerprint density at radius 1 is 1.89 bits per heavy atom. The predicted octanol–water partition coefficient (Wildman–Crippen LogP) is 0.885. The van der Waals surface area contributed by atoms with Crippen LogP contribution in [0.5, 0.6) is 0 Å². The van der Waals surface area contributed by atoms with E-state index in [0.29, 0.717) is 24.2 Å². The number of nitrogens with zero attached hydrogens (tertiary/aromatic N) is 1. The fourth-order valence-electron chi connectivity index (χ4n) is 0.301. The molecule has 0 radical (unpaired) electrons. The predicted molar refractivity (Wildman–Crippen MR) is 43.3 cm³/mol. The first kappa shape index (κ1) is 8.69. The molecule has 0 spiro atoms. The zero-order valence-corrected chi connectivity index (χ0v) is 6.72. The minimum absolute atomic E-state index is 0.520. The van der Waals surface area contributed by atoms with Crippen LogP contribution in [0.2, 0.25) is 0 Å². The second-order valence-electron chi connectivity index (χ2n) is 1.51. The molecule has 9 heavy (non-hydrogen) atoms. The Hall–Kier alpha value is -0.310. The lowest BCUT2D eigenvalue weighted by Gasteiger charge is -1.85. The summed E-state index contributed by atoms with van der Waals surface area (Å²) < 4.78 is 10.0. The van der Waals surface area contributed by atoms with Crippen molar-refractivity contribution in [3.05, 3.63) is 0 Å². The van der Waals surface area contributed by atoms with Crippen LogP contribution in [-0.2, 0) is 11.3 Å². The van der Waals surface area contributed by atoms with Crippen molar-refractivity contribution >= 4 is 33.5 Å². The van der Waals surface area contributed by atoms with Gasteiger partial charge in [0.15, 0.2) is 0 Å². The van der Waals surface area contributed by atoms with Crippen LogP contribution in [0.4, 0.5) is 0 Å². The Balaban J connectivity index is 3.51. The molecule has 0 aromatic heterocycles. The van der Waals surface area contributed by atoms with Gasteiger partial charge in [0.2, 0.25) is 0 Å². The van der Waals surface area contributed by atoms with E-state index in [4.69, 9.17) is 0 Å². The van der Waals surface area contributed by atoms with Crippen LogP contribution in [0.1, 0.15) is 13.3 Å². The van der Waals surface area contributed by atoms with Crippen molar-refractivity contribution in [1.82, 2.24) is 0 Å². The topological polar surface area (TPSA) is 29.4 Å². The minimum Gasteiger partial charge on any atom is -0.232 e. The van der Waals surface area contributed by atoms with Gasteiger partial charge in [0.25, 0.3) is 0 Å². The van der Waals surface area contributed by atoms with Crippen molar-refractivity contribution in [2.45, 2.75) is 13.3 Å². The summed E-state index contributed by atoms with van der Waals surface area (Å²) in [6, 6.07) is 0. The van der Waals surface area contributed by atoms with Crippen molar-refractivity contribution in [3.8, 4) is 0 Å². The molecule has 0 heterocycles. The molecule has 0 saturated heterocycles. The highest BCUT2D eigenvalue weighted by Crippen LogP contribution is 1.81. The van der Waals surface area contributed by atoms with Crippen LogP contribution in [0.15, 0.2) is 4.99 Å². The van der Waals surface area contributed by atoms with Gasteiger partial charge in [-0.15, -0.1) is 0 Å². The molecule has 0 bridgehead atoms. The van der Waals surface area contributed by atoms with E-state index >= 15 is 0 Å². The number of aliphatic imine (C=N–C) groups is 1. The van der Waals surface area contributed by atoms with E-state index in [9.17, 15) is 4.21 Å². The standard InChI is InChI=1S/C5H7NOS2/c1-5(9-7)2-3-6-4-8/h2-3H2,1H3. The van der Waals surface area contributed by atoms with Gasteiger partial charge >= 0.3 is 0 Å². The third-order valence-corrected chi connectivity index (χ3v) is 1.40. The highest BCUT2D eigenvalue weighted by atomic mass is 32.1. The number of isothiocyanates is 1. The molecule has 4 heteroatoms. The molecule has 50 valence electrons. The van der Waals surface area contributed by atoms with Crippen LogP contribution >= 0.6 is 12.2 Å². The summed E-state index contributed by atoms with van der Waals surface area (Å²) in [5.41, 5.74) is 0. The summed E-state index contributed by atoms with van der Waals surface area (Å²) in [4.78, 5) is 4.49. The maximum atomic E-state index is 10.0. The van der Waals surface area contributed by atoms with Gasteiger partial charge in [-0.1, -0.05) is 0 Å². The molecule has 0 aliphatic carbocycles. The fraction of sp³-hybridized carbons (Fsp3) is 0.600. The normalized spacial score (nSPS) is 7.67. The first-order valence-corrected chi connectivity index (χ1v) is 3.62. The van der Waals surface area contributed by atoms with Crippen molar-refractivity contribution in [3.63, 3.8) is 0 Å².